The summed E-state index contributed by atoms with van der Waals surface area (Å²) >= 11 is 9.34. The second-order valence-electron chi connectivity index (χ2n) is 6.16. The highest BCUT2D eigenvalue weighted by Gasteiger charge is 2.31. The van der Waals surface area contributed by atoms with Crippen LogP contribution in [0.3, 0.4) is 0 Å². The average Bonchev–Trinajstić information content (AvgIpc) is 2.67. The first-order chi connectivity index (χ1) is 13.3. The van der Waals surface area contributed by atoms with E-state index >= 15 is 0 Å². The molecule has 28 heavy (non-hydrogen) atoms. The Morgan fingerprint density at radius 2 is 1.79 bits per heavy atom. The van der Waals surface area contributed by atoms with Crippen molar-refractivity contribution in [3.8, 4) is 0 Å². The molecule has 1 aliphatic heterocycles. The van der Waals surface area contributed by atoms with E-state index < -0.39 is 15.8 Å². The summed E-state index contributed by atoms with van der Waals surface area (Å²) in [6, 6.07) is 10.8. The first-order valence-electron chi connectivity index (χ1n) is 8.46. The predicted octanol–water partition coefficient (Wildman–Crippen LogP) is 3.79. The van der Waals surface area contributed by atoms with E-state index in [-0.39, 0.29) is 42.0 Å². The van der Waals surface area contributed by atoms with Crippen molar-refractivity contribution in [1.29, 1.82) is 0 Å². The van der Waals surface area contributed by atoms with Crippen LogP contribution in [0.4, 0.5) is 4.39 Å². The molecule has 0 saturated carbocycles. The van der Waals surface area contributed by atoms with Crippen LogP contribution in [0, 0.1) is 5.82 Å². The third-order valence-electron chi connectivity index (χ3n) is 4.37. The van der Waals surface area contributed by atoms with E-state index in [0.717, 1.165) is 0 Å². The van der Waals surface area contributed by atoms with E-state index in [4.69, 9.17) is 11.6 Å². The molecule has 1 saturated heterocycles. The van der Waals surface area contributed by atoms with Gasteiger partial charge in [-0.3, -0.25) is 4.79 Å². The van der Waals surface area contributed by atoms with Gasteiger partial charge in [0.15, 0.2) is 0 Å². The molecule has 0 N–H and O–H groups in total. The van der Waals surface area contributed by atoms with Crippen LogP contribution < -0.4 is 0 Å². The van der Waals surface area contributed by atoms with Crippen molar-refractivity contribution < 1.29 is 17.6 Å². The highest BCUT2D eigenvalue weighted by atomic mass is 79.9. The van der Waals surface area contributed by atoms with Gasteiger partial charge in [-0.25, -0.2) is 12.8 Å². The number of benzene rings is 2. The number of amides is 1. The fraction of sp³-hybridized carbons (Fsp3) is 0.211. The fourth-order valence-electron chi connectivity index (χ4n) is 2.85. The summed E-state index contributed by atoms with van der Waals surface area (Å²) < 4.78 is 41.2. The molecular formula is C19H17BrClFN2O3S. The van der Waals surface area contributed by atoms with Crippen molar-refractivity contribution in [3.63, 3.8) is 0 Å². The van der Waals surface area contributed by atoms with Crippen LogP contribution in [0.5, 0.6) is 0 Å². The maximum absolute atomic E-state index is 13.6. The van der Waals surface area contributed by atoms with Crippen LogP contribution in [0.1, 0.15) is 5.56 Å². The second kappa shape index (κ2) is 8.73. The number of halogens is 3. The molecule has 0 bridgehead atoms. The molecule has 1 aliphatic rings. The highest BCUT2D eigenvalue weighted by Crippen LogP contribution is 2.28. The number of carbonyl (C=O) groups is 1. The molecule has 0 radical (unpaired) electrons. The molecule has 0 spiro atoms. The number of hydrogen-bond donors (Lipinski definition) is 0. The summed E-state index contributed by atoms with van der Waals surface area (Å²) in [6.45, 7) is 0.809. The van der Waals surface area contributed by atoms with Crippen molar-refractivity contribution in [2.45, 2.75) is 4.90 Å². The molecular weight excluding hydrogens is 471 g/mol. The van der Waals surface area contributed by atoms with Gasteiger partial charge < -0.3 is 4.90 Å². The largest absolute Gasteiger partial charge is 0.337 e. The smallest absolute Gasteiger partial charge is 0.246 e. The summed E-state index contributed by atoms with van der Waals surface area (Å²) in [6.07, 6.45) is 2.72. The first kappa shape index (κ1) is 21.0. The Kier molecular flexibility index (Phi) is 6.54. The second-order valence-corrected chi connectivity index (χ2v) is 9.39. The Morgan fingerprint density at radius 3 is 2.43 bits per heavy atom. The molecule has 1 heterocycles. The minimum absolute atomic E-state index is 0.0385. The van der Waals surface area contributed by atoms with Crippen LogP contribution in [-0.4, -0.2) is 49.7 Å². The molecule has 2 aromatic rings. The van der Waals surface area contributed by atoms with E-state index in [9.17, 15) is 17.6 Å². The molecule has 0 unspecified atom stereocenters. The fourth-order valence-corrected chi connectivity index (χ4v) is 5.28. The number of carbonyl (C=O) groups excluding carboxylic acids is 1. The minimum Gasteiger partial charge on any atom is -0.337 e. The molecule has 3 rings (SSSR count). The Hall–Kier alpha value is -1.74. The number of hydrogen-bond acceptors (Lipinski definition) is 3. The van der Waals surface area contributed by atoms with Crippen molar-refractivity contribution >= 4 is 49.5 Å². The van der Waals surface area contributed by atoms with Crippen LogP contribution in [-0.2, 0) is 14.8 Å². The standard InChI is InChI=1S/C19H17BrClFN2O3S/c20-15-6-7-18(16(21)13-15)28(26,27)24-11-9-23(10-12-24)19(25)8-5-14-3-1-2-4-17(14)22/h1-8,13H,9-12H2/b8-5+. The molecule has 1 amide bonds. The van der Waals surface area contributed by atoms with Gasteiger partial charge in [0.05, 0.1) is 5.02 Å². The molecule has 0 atom stereocenters. The summed E-state index contributed by atoms with van der Waals surface area (Å²) in [7, 11) is -3.74. The van der Waals surface area contributed by atoms with Gasteiger partial charge in [-0.15, -0.1) is 0 Å². The predicted molar refractivity (Wildman–Crippen MR) is 110 cm³/mol. The number of piperazine rings is 1. The lowest BCUT2D eigenvalue weighted by atomic mass is 10.2. The number of rotatable bonds is 4. The van der Waals surface area contributed by atoms with Gasteiger partial charge in [-0.1, -0.05) is 45.7 Å². The van der Waals surface area contributed by atoms with Crippen LogP contribution in [0.25, 0.3) is 6.08 Å². The first-order valence-corrected chi connectivity index (χ1v) is 11.1. The summed E-state index contributed by atoms with van der Waals surface area (Å²) in [5.74, 6) is -0.698. The van der Waals surface area contributed by atoms with E-state index in [1.807, 2.05) is 0 Å². The normalized spacial score (nSPS) is 15.9. The van der Waals surface area contributed by atoms with Crippen molar-refractivity contribution in [2.75, 3.05) is 26.2 Å². The number of nitrogens with zero attached hydrogens (tertiary/aromatic N) is 2. The monoisotopic (exact) mass is 486 g/mol. The van der Waals surface area contributed by atoms with Gasteiger partial charge in [-0.2, -0.15) is 4.31 Å². The van der Waals surface area contributed by atoms with Crippen LogP contribution in [0.2, 0.25) is 5.02 Å². The van der Waals surface area contributed by atoms with Crippen LogP contribution in [0.15, 0.2) is 57.9 Å². The maximum atomic E-state index is 13.6. The van der Waals surface area contributed by atoms with Gasteiger partial charge in [0.1, 0.15) is 10.7 Å². The lowest BCUT2D eigenvalue weighted by Crippen LogP contribution is -2.50. The van der Waals surface area contributed by atoms with Gasteiger partial charge in [-0.05, 0) is 30.3 Å². The van der Waals surface area contributed by atoms with E-state index in [0.29, 0.717) is 10.0 Å². The SMILES string of the molecule is O=C(/C=C/c1ccccc1F)N1CCN(S(=O)(=O)c2ccc(Br)cc2Cl)CC1. The summed E-state index contributed by atoms with van der Waals surface area (Å²) in [5.41, 5.74) is 0.321. The Bertz CT molecular complexity index is 1020. The molecule has 2 aromatic carbocycles. The highest BCUT2D eigenvalue weighted by molar-refractivity contribution is 9.10. The molecule has 5 nitrogen and oxygen atoms in total. The van der Waals surface area contributed by atoms with Crippen molar-refractivity contribution in [1.82, 2.24) is 9.21 Å². The average molecular weight is 488 g/mol. The van der Waals surface area contributed by atoms with Gasteiger partial charge in [0, 0.05) is 42.3 Å². The quantitative estimate of drug-likeness (QED) is 0.617. The summed E-state index contributed by atoms with van der Waals surface area (Å²) in [5, 5.41) is 0.140. The summed E-state index contributed by atoms with van der Waals surface area (Å²) in [4.78, 5) is 13.9. The molecule has 1 fully saturated rings. The number of sulfonamides is 1. The molecule has 9 heteroatoms. The Labute approximate surface area is 176 Å². The van der Waals surface area contributed by atoms with Crippen LogP contribution >= 0.6 is 27.5 Å². The lowest BCUT2D eigenvalue weighted by Gasteiger charge is -2.33. The molecule has 148 valence electrons. The molecule has 0 aromatic heterocycles. The van der Waals surface area contributed by atoms with Gasteiger partial charge >= 0.3 is 0 Å². The van der Waals surface area contributed by atoms with Crippen molar-refractivity contribution in [2.24, 2.45) is 0 Å². The van der Waals surface area contributed by atoms with Crippen molar-refractivity contribution in [3.05, 3.63) is 69.4 Å². The zero-order chi connectivity index (χ0) is 20.3. The zero-order valence-electron chi connectivity index (χ0n) is 14.7. The Balaban J connectivity index is 1.65. The van der Waals surface area contributed by atoms with E-state index in [1.54, 1.807) is 24.3 Å². The van der Waals surface area contributed by atoms with Gasteiger partial charge in [0.25, 0.3) is 0 Å². The van der Waals surface area contributed by atoms with Gasteiger partial charge in [0.2, 0.25) is 15.9 Å². The molecule has 0 aliphatic carbocycles. The Morgan fingerprint density at radius 1 is 1.11 bits per heavy atom. The van der Waals surface area contributed by atoms with E-state index in [1.165, 1.54) is 39.6 Å². The third kappa shape index (κ3) is 4.63. The van der Waals surface area contributed by atoms with E-state index in [2.05, 4.69) is 15.9 Å². The maximum Gasteiger partial charge on any atom is 0.246 e. The third-order valence-corrected chi connectivity index (χ3v) is 7.25. The minimum atomic E-state index is -3.74. The lowest BCUT2D eigenvalue weighted by molar-refractivity contribution is -0.127. The zero-order valence-corrected chi connectivity index (χ0v) is 17.8. The topological polar surface area (TPSA) is 57.7 Å².